The summed E-state index contributed by atoms with van der Waals surface area (Å²) in [6, 6.07) is 23.8. The van der Waals surface area contributed by atoms with Crippen molar-refractivity contribution in [3.05, 3.63) is 108 Å². The predicted octanol–water partition coefficient (Wildman–Crippen LogP) is 5.20. The van der Waals surface area contributed by atoms with Crippen LogP contribution in [-0.4, -0.2) is 21.8 Å². The molecule has 5 rings (SSSR count). The maximum Gasteiger partial charge on any atom is 0.174 e. The Balaban J connectivity index is 1.65. The molecule has 0 bridgehead atoms. The van der Waals surface area contributed by atoms with Crippen molar-refractivity contribution in [2.45, 2.75) is 12.1 Å². The zero-order valence-corrected chi connectivity index (χ0v) is 18.2. The molecule has 1 N–H and O–H groups in total. The second kappa shape index (κ2) is 8.43. The molecule has 160 valence electrons. The number of methoxy groups -OCH3 is 1. The lowest BCUT2D eigenvalue weighted by molar-refractivity contribution is 0.415. The van der Waals surface area contributed by atoms with Crippen LogP contribution in [0.3, 0.4) is 0 Å². The van der Waals surface area contributed by atoms with Crippen LogP contribution in [0.2, 0.25) is 0 Å². The van der Waals surface area contributed by atoms with Crippen molar-refractivity contribution >= 4 is 23.0 Å². The van der Waals surface area contributed by atoms with Gasteiger partial charge in [-0.05, 0) is 78.9 Å². The highest BCUT2D eigenvalue weighted by atomic mass is 32.1. The average Bonchev–Trinajstić information content (AvgIpc) is 3.44. The summed E-state index contributed by atoms with van der Waals surface area (Å²) in [4.78, 5) is 6.67. The van der Waals surface area contributed by atoms with Crippen molar-refractivity contribution < 1.29 is 9.13 Å². The first-order valence-electron chi connectivity index (χ1n) is 10.2. The minimum atomic E-state index is -0.282. The highest BCUT2D eigenvalue weighted by molar-refractivity contribution is 7.80. The van der Waals surface area contributed by atoms with Gasteiger partial charge in [0.2, 0.25) is 0 Å². The van der Waals surface area contributed by atoms with E-state index in [1.807, 2.05) is 71.4 Å². The predicted molar refractivity (Wildman–Crippen MR) is 127 cm³/mol. The van der Waals surface area contributed by atoms with Crippen molar-refractivity contribution in [1.29, 1.82) is 0 Å². The second-order valence-corrected chi connectivity index (χ2v) is 7.86. The van der Waals surface area contributed by atoms with Crippen LogP contribution in [0.4, 0.5) is 10.1 Å². The second-order valence-electron chi connectivity index (χ2n) is 7.48. The van der Waals surface area contributed by atoms with E-state index in [1.54, 1.807) is 19.4 Å². The normalized spacial score (nSPS) is 17.9. The molecule has 2 unspecified atom stereocenters. The summed E-state index contributed by atoms with van der Waals surface area (Å²) >= 11 is 5.78. The van der Waals surface area contributed by atoms with Gasteiger partial charge in [0.25, 0.3) is 0 Å². The van der Waals surface area contributed by atoms with Gasteiger partial charge in [-0.2, -0.15) is 0 Å². The number of nitrogens with one attached hydrogen (secondary N) is 1. The van der Waals surface area contributed by atoms with Crippen LogP contribution < -0.4 is 15.0 Å². The largest absolute Gasteiger partial charge is 0.497 e. The van der Waals surface area contributed by atoms with E-state index in [0.717, 1.165) is 28.5 Å². The van der Waals surface area contributed by atoms with Gasteiger partial charge in [-0.15, -0.1) is 0 Å². The van der Waals surface area contributed by atoms with Crippen LogP contribution in [0.25, 0.3) is 5.69 Å². The first-order chi connectivity index (χ1) is 15.7. The van der Waals surface area contributed by atoms with Gasteiger partial charge in [0.05, 0.1) is 18.8 Å². The molecule has 32 heavy (non-hydrogen) atoms. The minimum absolute atomic E-state index is 0.187. The Morgan fingerprint density at radius 1 is 0.969 bits per heavy atom. The number of hydrogen-bond acceptors (Lipinski definition) is 3. The van der Waals surface area contributed by atoms with E-state index in [-0.39, 0.29) is 17.9 Å². The summed E-state index contributed by atoms with van der Waals surface area (Å²) in [7, 11) is 1.64. The van der Waals surface area contributed by atoms with Crippen molar-refractivity contribution in [3.63, 3.8) is 0 Å². The van der Waals surface area contributed by atoms with Gasteiger partial charge < -0.3 is 19.5 Å². The third-order valence-electron chi connectivity index (χ3n) is 5.62. The Hall–Kier alpha value is -3.71. The summed E-state index contributed by atoms with van der Waals surface area (Å²) < 4.78 is 21.3. The number of benzene rings is 2. The Bertz CT molecular complexity index is 1240. The molecule has 2 aromatic carbocycles. The molecule has 1 aliphatic rings. The van der Waals surface area contributed by atoms with Crippen LogP contribution >= 0.6 is 12.2 Å². The van der Waals surface area contributed by atoms with E-state index in [0.29, 0.717) is 5.11 Å². The number of halogens is 1. The van der Waals surface area contributed by atoms with Crippen LogP contribution in [0.15, 0.2) is 91.3 Å². The van der Waals surface area contributed by atoms with E-state index >= 15 is 0 Å². The topological polar surface area (TPSA) is 42.3 Å². The monoisotopic (exact) mass is 444 g/mol. The minimum Gasteiger partial charge on any atom is -0.497 e. The molecule has 0 radical (unpaired) electrons. The van der Waals surface area contributed by atoms with Gasteiger partial charge >= 0.3 is 0 Å². The van der Waals surface area contributed by atoms with Gasteiger partial charge in [-0.1, -0.05) is 12.1 Å². The maximum absolute atomic E-state index is 14.0. The first-order valence-corrected chi connectivity index (χ1v) is 10.6. The summed E-state index contributed by atoms with van der Waals surface area (Å²) in [5.74, 6) is 0.489. The molecule has 2 aromatic heterocycles. The van der Waals surface area contributed by atoms with Gasteiger partial charge in [0, 0.05) is 29.5 Å². The van der Waals surface area contributed by atoms with Crippen LogP contribution in [-0.2, 0) is 0 Å². The number of hydrogen-bond donors (Lipinski definition) is 1. The Morgan fingerprint density at radius 3 is 2.53 bits per heavy atom. The molecule has 0 aliphatic carbocycles. The highest BCUT2D eigenvalue weighted by Gasteiger charge is 2.42. The zero-order chi connectivity index (χ0) is 22.1. The van der Waals surface area contributed by atoms with Crippen molar-refractivity contribution in [2.24, 2.45) is 0 Å². The van der Waals surface area contributed by atoms with Gasteiger partial charge in [-0.25, -0.2) is 4.39 Å². The number of ether oxygens (including phenoxy) is 1. The molecule has 4 aromatic rings. The van der Waals surface area contributed by atoms with Gasteiger partial charge in [0.1, 0.15) is 17.6 Å². The molecule has 1 fully saturated rings. The van der Waals surface area contributed by atoms with E-state index < -0.39 is 0 Å². The fourth-order valence-corrected chi connectivity index (χ4v) is 4.52. The van der Waals surface area contributed by atoms with Crippen molar-refractivity contribution in [2.75, 3.05) is 12.0 Å². The third-order valence-corrected chi connectivity index (χ3v) is 5.93. The van der Waals surface area contributed by atoms with Gasteiger partial charge in [-0.3, -0.25) is 4.98 Å². The fraction of sp³-hybridized carbons (Fsp3) is 0.120. The molecule has 3 heterocycles. The summed E-state index contributed by atoms with van der Waals surface area (Å²) in [5, 5.41) is 4.05. The van der Waals surface area contributed by atoms with Crippen LogP contribution in [0.5, 0.6) is 5.75 Å². The number of nitrogens with zero attached hydrogens (tertiary/aromatic N) is 3. The molecule has 1 aliphatic heterocycles. The molecule has 7 heteroatoms. The average molecular weight is 445 g/mol. The van der Waals surface area contributed by atoms with Gasteiger partial charge in [0.15, 0.2) is 5.11 Å². The lowest BCUT2D eigenvalue weighted by Gasteiger charge is -2.29. The smallest absolute Gasteiger partial charge is 0.174 e. The Labute approximate surface area is 191 Å². The molecule has 2 atom stereocenters. The molecular weight excluding hydrogens is 423 g/mol. The Kier molecular flexibility index (Phi) is 5.33. The quantitative estimate of drug-likeness (QED) is 0.429. The van der Waals surface area contributed by atoms with E-state index in [1.165, 1.54) is 12.1 Å². The van der Waals surface area contributed by atoms with Crippen LogP contribution in [0, 0.1) is 5.82 Å². The van der Waals surface area contributed by atoms with E-state index in [2.05, 4.69) is 15.2 Å². The molecule has 1 saturated heterocycles. The Morgan fingerprint density at radius 2 is 1.81 bits per heavy atom. The fourth-order valence-electron chi connectivity index (χ4n) is 4.17. The highest BCUT2D eigenvalue weighted by Crippen LogP contribution is 2.42. The lowest BCUT2D eigenvalue weighted by atomic mass is 10.0. The summed E-state index contributed by atoms with van der Waals surface area (Å²) in [6.07, 6.45) is 3.71. The van der Waals surface area contributed by atoms with E-state index in [4.69, 9.17) is 17.0 Å². The first kappa shape index (κ1) is 20.2. The SMILES string of the molecule is COc1ccc(N2C(=S)NC(c3ccccn3)C2c2cccn2-c2cccc(F)c2)cc1. The van der Waals surface area contributed by atoms with Crippen LogP contribution in [0.1, 0.15) is 23.5 Å². The molecule has 5 nitrogen and oxygen atoms in total. The molecule has 0 saturated carbocycles. The summed E-state index contributed by atoms with van der Waals surface area (Å²) in [6.45, 7) is 0. The number of pyridine rings is 1. The number of anilines is 1. The molecule has 0 spiro atoms. The zero-order valence-electron chi connectivity index (χ0n) is 17.4. The number of thiocarbonyl (C=S) groups is 1. The van der Waals surface area contributed by atoms with Crippen molar-refractivity contribution in [1.82, 2.24) is 14.9 Å². The number of rotatable bonds is 5. The maximum atomic E-state index is 14.0. The van der Waals surface area contributed by atoms with E-state index in [9.17, 15) is 4.39 Å². The standard InChI is InChI=1S/C25H21FN4OS/c1-31-20-12-10-18(11-13-20)30-24(23(28-25(30)32)21-8-2-3-14-27-21)22-9-5-15-29(22)19-7-4-6-17(26)16-19/h2-16,23-24H,1H3,(H,28,32). The molecule has 0 amide bonds. The third kappa shape index (κ3) is 3.61. The number of aromatic nitrogens is 2. The lowest BCUT2D eigenvalue weighted by Crippen LogP contribution is -2.30. The van der Waals surface area contributed by atoms with Crippen molar-refractivity contribution in [3.8, 4) is 11.4 Å². The summed E-state index contributed by atoms with van der Waals surface area (Å²) in [5.41, 5.74) is 3.52. The molecular formula is C25H21FN4OS.